The number of ketones is 1. The van der Waals surface area contributed by atoms with Gasteiger partial charge in [-0.25, -0.2) is 0 Å². The number of hydrogen-bond acceptors (Lipinski definition) is 2. The molecule has 0 bridgehead atoms. The molecule has 1 aliphatic rings. The number of Topliss-reactive ketones (excluding diaryl/α,β-unsaturated/α-hetero) is 1. The summed E-state index contributed by atoms with van der Waals surface area (Å²) in [5.74, 6) is 0.287. The lowest BCUT2D eigenvalue weighted by molar-refractivity contribution is 0.0953. The molecule has 2 nitrogen and oxygen atoms in total. The molecule has 1 aliphatic heterocycles. The smallest absolute Gasteiger partial charge is 0.164 e. The molecule has 0 spiro atoms. The molecule has 1 fully saturated rings. The second-order valence-corrected chi connectivity index (χ2v) is 5.72. The van der Waals surface area contributed by atoms with Crippen LogP contribution in [-0.4, -0.2) is 29.8 Å². The highest BCUT2D eigenvalue weighted by Crippen LogP contribution is 2.17. The summed E-state index contributed by atoms with van der Waals surface area (Å²) in [6, 6.07) is 8.54. The molecule has 1 aromatic rings. The number of benzene rings is 1. The molecule has 2 heteroatoms. The molecule has 0 radical (unpaired) electrons. The SMILES string of the molecule is Cc1ccccc1C(=O)CCN1CCCCCC1C. The van der Waals surface area contributed by atoms with Crippen molar-refractivity contribution < 1.29 is 4.79 Å². The molecule has 2 rings (SSSR count). The second-order valence-electron chi connectivity index (χ2n) is 5.72. The van der Waals surface area contributed by atoms with Gasteiger partial charge in [-0.05, 0) is 38.8 Å². The van der Waals surface area contributed by atoms with Gasteiger partial charge in [0.25, 0.3) is 0 Å². The van der Waals surface area contributed by atoms with Crippen LogP contribution >= 0.6 is 0 Å². The number of aryl methyl sites for hydroxylation is 1. The summed E-state index contributed by atoms with van der Waals surface area (Å²) in [4.78, 5) is 14.8. The summed E-state index contributed by atoms with van der Waals surface area (Å²) >= 11 is 0. The molecule has 1 heterocycles. The van der Waals surface area contributed by atoms with Gasteiger partial charge in [0.2, 0.25) is 0 Å². The van der Waals surface area contributed by atoms with E-state index in [2.05, 4.69) is 11.8 Å². The molecule has 0 N–H and O–H groups in total. The van der Waals surface area contributed by atoms with Crippen LogP contribution in [-0.2, 0) is 0 Å². The number of rotatable bonds is 4. The maximum Gasteiger partial charge on any atom is 0.164 e. The lowest BCUT2D eigenvalue weighted by Crippen LogP contribution is -2.34. The minimum atomic E-state index is 0.287. The summed E-state index contributed by atoms with van der Waals surface area (Å²) in [7, 11) is 0. The fourth-order valence-corrected chi connectivity index (χ4v) is 2.93. The zero-order valence-corrected chi connectivity index (χ0v) is 12.2. The Balaban J connectivity index is 1.91. The Morgan fingerprint density at radius 2 is 2.05 bits per heavy atom. The number of carbonyl (C=O) groups is 1. The summed E-state index contributed by atoms with van der Waals surface area (Å²) in [6.45, 7) is 6.38. The monoisotopic (exact) mass is 259 g/mol. The molecule has 0 amide bonds. The Morgan fingerprint density at radius 1 is 1.26 bits per heavy atom. The van der Waals surface area contributed by atoms with Crippen LogP contribution in [0, 0.1) is 6.92 Å². The number of nitrogens with zero attached hydrogens (tertiary/aromatic N) is 1. The van der Waals surface area contributed by atoms with E-state index in [9.17, 15) is 4.79 Å². The second kappa shape index (κ2) is 6.85. The standard InChI is InChI=1S/C17H25NO/c1-14-8-5-6-10-16(14)17(19)11-13-18-12-7-3-4-9-15(18)2/h5-6,8,10,15H,3-4,7,9,11-13H2,1-2H3. The summed E-state index contributed by atoms with van der Waals surface area (Å²) < 4.78 is 0. The summed E-state index contributed by atoms with van der Waals surface area (Å²) in [5.41, 5.74) is 1.99. The lowest BCUT2D eigenvalue weighted by atomic mass is 10.0. The van der Waals surface area contributed by atoms with E-state index < -0.39 is 0 Å². The van der Waals surface area contributed by atoms with Crippen LogP contribution in [0.1, 0.15) is 54.9 Å². The summed E-state index contributed by atoms with van der Waals surface area (Å²) in [6.07, 6.45) is 5.88. The van der Waals surface area contributed by atoms with Gasteiger partial charge in [0, 0.05) is 24.6 Å². The van der Waals surface area contributed by atoms with Crippen LogP contribution in [0.2, 0.25) is 0 Å². The molecule has 0 aromatic heterocycles. The molecule has 1 aromatic carbocycles. The minimum absolute atomic E-state index is 0.287. The fraction of sp³-hybridized carbons (Fsp3) is 0.588. The first-order valence-corrected chi connectivity index (χ1v) is 7.51. The van der Waals surface area contributed by atoms with Gasteiger partial charge in [0.05, 0.1) is 0 Å². The van der Waals surface area contributed by atoms with Gasteiger partial charge in [-0.2, -0.15) is 0 Å². The molecule has 1 unspecified atom stereocenters. The van der Waals surface area contributed by atoms with Crippen molar-refractivity contribution in [2.75, 3.05) is 13.1 Å². The Hall–Kier alpha value is -1.15. The van der Waals surface area contributed by atoms with Gasteiger partial charge in [-0.3, -0.25) is 4.79 Å². The number of carbonyl (C=O) groups excluding carboxylic acids is 1. The van der Waals surface area contributed by atoms with E-state index in [-0.39, 0.29) is 5.78 Å². The van der Waals surface area contributed by atoms with E-state index in [1.165, 1.54) is 25.7 Å². The third kappa shape index (κ3) is 3.90. The van der Waals surface area contributed by atoms with E-state index >= 15 is 0 Å². The number of likely N-dealkylation sites (tertiary alicyclic amines) is 1. The lowest BCUT2D eigenvalue weighted by Gasteiger charge is -2.26. The van der Waals surface area contributed by atoms with Gasteiger partial charge < -0.3 is 4.90 Å². The maximum absolute atomic E-state index is 12.3. The topological polar surface area (TPSA) is 20.3 Å². The van der Waals surface area contributed by atoms with Crippen molar-refractivity contribution in [1.82, 2.24) is 4.90 Å². The Bertz CT molecular complexity index is 427. The van der Waals surface area contributed by atoms with Crippen LogP contribution < -0.4 is 0 Å². The first kappa shape index (κ1) is 14.3. The van der Waals surface area contributed by atoms with Crippen molar-refractivity contribution >= 4 is 5.78 Å². The average Bonchev–Trinajstić information content (AvgIpc) is 2.61. The van der Waals surface area contributed by atoms with Crippen LogP contribution in [0.15, 0.2) is 24.3 Å². The van der Waals surface area contributed by atoms with Crippen molar-refractivity contribution in [2.45, 2.75) is 52.0 Å². The van der Waals surface area contributed by atoms with Crippen LogP contribution in [0.25, 0.3) is 0 Å². The predicted molar refractivity (Wildman–Crippen MR) is 79.6 cm³/mol. The zero-order chi connectivity index (χ0) is 13.7. The van der Waals surface area contributed by atoms with Crippen LogP contribution in [0.5, 0.6) is 0 Å². The maximum atomic E-state index is 12.3. The van der Waals surface area contributed by atoms with E-state index in [0.717, 1.165) is 24.2 Å². The van der Waals surface area contributed by atoms with Crippen molar-refractivity contribution in [2.24, 2.45) is 0 Å². The highest BCUT2D eigenvalue weighted by molar-refractivity contribution is 5.97. The molecule has 0 aliphatic carbocycles. The molecule has 19 heavy (non-hydrogen) atoms. The van der Waals surface area contributed by atoms with E-state index in [0.29, 0.717) is 12.5 Å². The molecular weight excluding hydrogens is 234 g/mol. The summed E-state index contributed by atoms with van der Waals surface area (Å²) in [5, 5.41) is 0. The molecule has 1 saturated heterocycles. The van der Waals surface area contributed by atoms with E-state index in [4.69, 9.17) is 0 Å². The van der Waals surface area contributed by atoms with Gasteiger partial charge in [-0.15, -0.1) is 0 Å². The van der Waals surface area contributed by atoms with Gasteiger partial charge in [0.15, 0.2) is 5.78 Å². The third-order valence-corrected chi connectivity index (χ3v) is 4.26. The average molecular weight is 259 g/mol. The minimum Gasteiger partial charge on any atom is -0.300 e. The van der Waals surface area contributed by atoms with Crippen LogP contribution in [0.3, 0.4) is 0 Å². The third-order valence-electron chi connectivity index (χ3n) is 4.26. The highest BCUT2D eigenvalue weighted by atomic mass is 16.1. The van der Waals surface area contributed by atoms with E-state index in [1.54, 1.807) is 0 Å². The van der Waals surface area contributed by atoms with Gasteiger partial charge in [0.1, 0.15) is 0 Å². The van der Waals surface area contributed by atoms with Crippen molar-refractivity contribution in [3.63, 3.8) is 0 Å². The Labute approximate surface area is 116 Å². The first-order chi connectivity index (χ1) is 9.18. The van der Waals surface area contributed by atoms with Gasteiger partial charge in [-0.1, -0.05) is 37.1 Å². The highest BCUT2D eigenvalue weighted by Gasteiger charge is 2.18. The van der Waals surface area contributed by atoms with Crippen molar-refractivity contribution in [1.29, 1.82) is 0 Å². The quantitative estimate of drug-likeness (QED) is 0.766. The van der Waals surface area contributed by atoms with Crippen molar-refractivity contribution in [3.05, 3.63) is 35.4 Å². The zero-order valence-electron chi connectivity index (χ0n) is 12.2. The molecule has 104 valence electrons. The first-order valence-electron chi connectivity index (χ1n) is 7.51. The van der Waals surface area contributed by atoms with Crippen molar-refractivity contribution in [3.8, 4) is 0 Å². The number of hydrogen-bond donors (Lipinski definition) is 0. The Morgan fingerprint density at radius 3 is 2.84 bits per heavy atom. The molecule has 0 saturated carbocycles. The van der Waals surface area contributed by atoms with Crippen LogP contribution in [0.4, 0.5) is 0 Å². The molecule has 1 atom stereocenters. The Kier molecular flexibility index (Phi) is 5.15. The van der Waals surface area contributed by atoms with Gasteiger partial charge >= 0.3 is 0 Å². The fourth-order valence-electron chi connectivity index (χ4n) is 2.93. The van der Waals surface area contributed by atoms with E-state index in [1.807, 2.05) is 31.2 Å². The largest absolute Gasteiger partial charge is 0.300 e. The predicted octanol–water partition coefficient (Wildman–Crippen LogP) is 3.83. The molecular formula is C17H25NO. The normalized spacial score (nSPS) is 21.1.